The van der Waals surface area contributed by atoms with Crippen molar-refractivity contribution in [2.45, 2.75) is 50.9 Å². The van der Waals surface area contributed by atoms with E-state index in [1.54, 1.807) is 0 Å². The maximum Gasteiger partial charge on any atom is 0.119 e. The number of ether oxygens (including phenoxy) is 1. The summed E-state index contributed by atoms with van der Waals surface area (Å²) in [6.45, 7) is 2.91. The van der Waals surface area contributed by atoms with E-state index in [1.165, 1.54) is 36.8 Å². The van der Waals surface area contributed by atoms with E-state index < -0.39 is 0 Å². The topological polar surface area (TPSA) is 33.0 Å². The van der Waals surface area contributed by atoms with Gasteiger partial charge in [0.15, 0.2) is 0 Å². The molecule has 1 aliphatic carbocycles. The fourth-order valence-corrected chi connectivity index (χ4v) is 3.65. The van der Waals surface area contributed by atoms with E-state index in [-0.39, 0.29) is 0 Å². The number of rotatable bonds is 5. The van der Waals surface area contributed by atoms with E-state index in [0.717, 1.165) is 24.3 Å². The lowest BCUT2D eigenvalue weighted by atomic mass is 9.76. The van der Waals surface area contributed by atoms with Gasteiger partial charge in [0.05, 0.1) is 18.2 Å². The largest absolute Gasteiger partial charge is 0.494 e. The van der Waals surface area contributed by atoms with Crippen molar-refractivity contribution in [3.63, 3.8) is 0 Å². The van der Waals surface area contributed by atoms with E-state index in [4.69, 9.17) is 10.00 Å². The second kappa shape index (κ2) is 8.02. The second-order valence-corrected chi connectivity index (χ2v) is 6.70. The molecule has 1 saturated carbocycles. The molecule has 2 aromatic carbocycles. The molecule has 0 amide bonds. The fraction of sp³-hybridized carbons (Fsp3) is 0.409. The maximum absolute atomic E-state index is 8.91. The highest BCUT2D eigenvalue weighted by Gasteiger charge is 2.23. The van der Waals surface area contributed by atoms with Crippen LogP contribution in [0.25, 0.3) is 0 Å². The molecule has 2 nitrogen and oxygen atoms in total. The van der Waals surface area contributed by atoms with Crippen LogP contribution < -0.4 is 4.74 Å². The lowest BCUT2D eigenvalue weighted by Gasteiger charge is -2.29. The van der Waals surface area contributed by atoms with Crippen LogP contribution in [-0.2, 0) is 0 Å². The van der Waals surface area contributed by atoms with E-state index in [9.17, 15) is 0 Å². The van der Waals surface area contributed by atoms with E-state index in [2.05, 4.69) is 49.4 Å². The molecule has 0 bridgehead atoms. The summed E-state index contributed by atoms with van der Waals surface area (Å²) in [4.78, 5) is 0. The van der Waals surface area contributed by atoms with E-state index in [0.29, 0.717) is 11.8 Å². The SMILES string of the molecule is CCCOc1ccc(C2CCC(c3ccc(C#N)cc3)CC2)cc1. The Kier molecular flexibility index (Phi) is 5.54. The summed E-state index contributed by atoms with van der Waals surface area (Å²) >= 11 is 0. The van der Waals surface area contributed by atoms with Crippen molar-refractivity contribution in [1.82, 2.24) is 0 Å². The Morgan fingerprint density at radius 2 is 1.38 bits per heavy atom. The van der Waals surface area contributed by atoms with Gasteiger partial charge in [-0.05, 0) is 79.3 Å². The van der Waals surface area contributed by atoms with Gasteiger partial charge in [0.1, 0.15) is 5.75 Å². The molecule has 124 valence electrons. The zero-order chi connectivity index (χ0) is 16.8. The Morgan fingerprint density at radius 1 is 0.875 bits per heavy atom. The summed E-state index contributed by atoms with van der Waals surface area (Å²) in [6.07, 6.45) is 5.97. The first-order valence-corrected chi connectivity index (χ1v) is 9.03. The summed E-state index contributed by atoms with van der Waals surface area (Å²) in [7, 11) is 0. The summed E-state index contributed by atoms with van der Waals surface area (Å²) in [6, 6.07) is 19.0. The van der Waals surface area contributed by atoms with Gasteiger partial charge in [-0.3, -0.25) is 0 Å². The summed E-state index contributed by atoms with van der Waals surface area (Å²) in [5.41, 5.74) is 3.57. The predicted octanol–water partition coefficient (Wildman–Crippen LogP) is 5.79. The smallest absolute Gasteiger partial charge is 0.119 e. The van der Waals surface area contributed by atoms with Crippen LogP contribution in [0.1, 0.15) is 67.6 Å². The van der Waals surface area contributed by atoms with Gasteiger partial charge in [-0.1, -0.05) is 31.2 Å². The van der Waals surface area contributed by atoms with Crippen LogP contribution in [0, 0.1) is 11.3 Å². The number of hydrogen-bond donors (Lipinski definition) is 0. The highest BCUT2D eigenvalue weighted by atomic mass is 16.5. The van der Waals surface area contributed by atoms with Gasteiger partial charge in [-0.25, -0.2) is 0 Å². The molecule has 0 N–H and O–H groups in total. The number of nitriles is 1. The zero-order valence-electron chi connectivity index (χ0n) is 14.4. The third-order valence-corrected chi connectivity index (χ3v) is 5.06. The number of nitrogens with zero attached hydrogens (tertiary/aromatic N) is 1. The van der Waals surface area contributed by atoms with Crippen LogP contribution in [0.4, 0.5) is 0 Å². The first kappa shape index (κ1) is 16.6. The maximum atomic E-state index is 8.91. The standard InChI is InChI=1S/C22H25NO/c1-2-15-24-22-13-11-21(12-14-22)20-9-7-19(8-10-20)18-5-3-17(16-23)4-6-18/h3-6,11-14,19-20H,2,7-10,15H2,1H3. The van der Waals surface area contributed by atoms with Gasteiger partial charge < -0.3 is 4.74 Å². The van der Waals surface area contributed by atoms with Crippen molar-refractivity contribution in [3.8, 4) is 11.8 Å². The summed E-state index contributed by atoms with van der Waals surface area (Å²) in [5, 5.41) is 8.91. The summed E-state index contributed by atoms with van der Waals surface area (Å²) < 4.78 is 5.67. The van der Waals surface area contributed by atoms with Crippen LogP contribution in [0.15, 0.2) is 48.5 Å². The summed E-state index contributed by atoms with van der Waals surface area (Å²) in [5.74, 6) is 2.29. The van der Waals surface area contributed by atoms with Gasteiger partial charge in [-0.2, -0.15) is 5.26 Å². The minimum Gasteiger partial charge on any atom is -0.494 e. The average Bonchev–Trinajstić information content (AvgIpc) is 2.67. The molecule has 3 rings (SSSR count). The first-order valence-electron chi connectivity index (χ1n) is 9.03. The van der Waals surface area contributed by atoms with Gasteiger partial charge in [-0.15, -0.1) is 0 Å². The second-order valence-electron chi connectivity index (χ2n) is 6.70. The van der Waals surface area contributed by atoms with Crippen molar-refractivity contribution >= 4 is 0 Å². The molecular weight excluding hydrogens is 294 g/mol. The molecule has 24 heavy (non-hydrogen) atoms. The average molecular weight is 319 g/mol. The highest BCUT2D eigenvalue weighted by molar-refractivity contribution is 5.34. The Bertz CT molecular complexity index is 673. The predicted molar refractivity (Wildman–Crippen MR) is 97.3 cm³/mol. The third kappa shape index (κ3) is 3.97. The van der Waals surface area contributed by atoms with Crippen LogP contribution >= 0.6 is 0 Å². The van der Waals surface area contributed by atoms with E-state index in [1.807, 2.05) is 12.1 Å². The van der Waals surface area contributed by atoms with Crippen LogP contribution in [0.3, 0.4) is 0 Å². The molecule has 0 aromatic heterocycles. The molecule has 0 heterocycles. The molecule has 2 heteroatoms. The van der Waals surface area contributed by atoms with Crippen LogP contribution in [0.2, 0.25) is 0 Å². The Hall–Kier alpha value is -2.27. The van der Waals surface area contributed by atoms with Crippen molar-refractivity contribution in [2.24, 2.45) is 0 Å². The number of benzene rings is 2. The minimum absolute atomic E-state index is 0.640. The quantitative estimate of drug-likeness (QED) is 0.699. The van der Waals surface area contributed by atoms with Gasteiger partial charge in [0.25, 0.3) is 0 Å². The molecule has 2 aromatic rings. The van der Waals surface area contributed by atoms with Crippen molar-refractivity contribution < 1.29 is 4.74 Å². The van der Waals surface area contributed by atoms with Gasteiger partial charge >= 0.3 is 0 Å². The van der Waals surface area contributed by atoms with Crippen LogP contribution in [0.5, 0.6) is 5.75 Å². The van der Waals surface area contributed by atoms with Gasteiger partial charge in [0, 0.05) is 0 Å². The fourth-order valence-electron chi connectivity index (χ4n) is 3.65. The normalized spacial score (nSPS) is 20.3. The molecule has 0 aliphatic heterocycles. The molecule has 0 spiro atoms. The molecular formula is C22H25NO. The molecule has 0 saturated heterocycles. The number of hydrogen-bond acceptors (Lipinski definition) is 2. The Labute approximate surface area is 145 Å². The Morgan fingerprint density at radius 3 is 1.83 bits per heavy atom. The zero-order valence-corrected chi connectivity index (χ0v) is 14.4. The third-order valence-electron chi connectivity index (χ3n) is 5.06. The monoisotopic (exact) mass is 319 g/mol. The molecule has 0 atom stereocenters. The minimum atomic E-state index is 0.640. The molecule has 1 aliphatic rings. The van der Waals surface area contributed by atoms with Crippen molar-refractivity contribution in [2.75, 3.05) is 6.61 Å². The van der Waals surface area contributed by atoms with Crippen LogP contribution in [-0.4, -0.2) is 6.61 Å². The van der Waals surface area contributed by atoms with Crippen molar-refractivity contribution in [1.29, 1.82) is 5.26 Å². The highest BCUT2D eigenvalue weighted by Crippen LogP contribution is 2.40. The lowest BCUT2D eigenvalue weighted by molar-refractivity contribution is 0.317. The first-order chi connectivity index (χ1) is 11.8. The van der Waals surface area contributed by atoms with Gasteiger partial charge in [0.2, 0.25) is 0 Å². The lowest BCUT2D eigenvalue weighted by Crippen LogP contribution is -2.12. The molecule has 0 unspecified atom stereocenters. The van der Waals surface area contributed by atoms with Crippen molar-refractivity contribution in [3.05, 3.63) is 65.2 Å². The molecule has 0 radical (unpaired) electrons. The van der Waals surface area contributed by atoms with E-state index >= 15 is 0 Å². The Balaban J connectivity index is 1.57. The molecule has 1 fully saturated rings.